The van der Waals surface area contributed by atoms with Crippen LogP contribution in [0.2, 0.25) is 0 Å². The Kier molecular flexibility index (Phi) is 7.06. The van der Waals surface area contributed by atoms with Gasteiger partial charge < -0.3 is 15.4 Å². The molecule has 1 atom stereocenters. The van der Waals surface area contributed by atoms with Gasteiger partial charge in [0.2, 0.25) is 5.91 Å². The van der Waals surface area contributed by atoms with Gasteiger partial charge in [-0.3, -0.25) is 4.79 Å². The Balaban J connectivity index is 4.03. The van der Waals surface area contributed by atoms with Crippen LogP contribution in [-0.4, -0.2) is 43.7 Å². The molecule has 14 heavy (non-hydrogen) atoms. The number of amides is 1. The minimum absolute atomic E-state index is 0.0527. The fraction of sp³-hybridized carbons (Fsp3) is 0.700. The summed E-state index contributed by atoms with van der Waals surface area (Å²) >= 11 is 0. The van der Waals surface area contributed by atoms with Gasteiger partial charge in [-0.25, -0.2) is 0 Å². The summed E-state index contributed by atoms with van der Waals surface area (Å²) in [7, 11) is 1.61. The van der Waals surface area contributed by atoms with E-state index in [2.05, 4.69) is 6.58 Å². The van der Waals surface area contributed by atoms with Gasteiger partial charge in [-0.1, -0.05) is 6.08 Å². The molecule has 0 aliphatic rings. The van der Waals surface area contributed by atoms with E-state index in [0.29, 0.717) is 26.1 Å². The molecule has 4 heteroatoms. The lowest BCUT2D eigenvalue weighted by atomic mass is 10.2. The maximum absolute atomic E-state index is 11.6. The van der Waals surface area contributed by atoms with E-state index in [0.717, 1.165) is 0 Å². The number of nitrogens with zero attached hydrogens (tertiary/aromatic N) is 1. The average Bonchev–Trinajstić information content (AvgIpc) is 2.10. The Labute approximate surface area is 85.7 Å². The van der Waals surface area contributed by atoms with E-state index in [-0.39, 0.29) is 11.9 Å². The molecule has 0 rings (SSSR count). The average molecular weight is 200 g/mol. The van der Waals surface area contributed by atoms with E-state index in [1.165, 1.54) is 0 Å². The minimum atomic E-state index is -0.0997. The Bertz CT molecular complexity index is 181. The second-order valence-electron chi connectivity index (χ2n) is 3.30. The van der Waals surface area contributed by atoms with Crippen molar-refractivity contribution in [1.82, 2.24) is 4.90 Å². The molecule has 0 radical (unpaired) electrons. The fourth-order valence-corrected chi connectivity index (χ4v) is 1.08. The smallest absolute Gasteiger partial charge is 0.224 e. The van der Waals surface area contributed by atoms with E-state index >= 15 is 0 Å². The third-order valence-corrected chi connectivity index (χ3v) is 1.76. The topological polar surface area (TPSA) is 55.6 Å². The summed E-state index contributed by atoms with van der Waals surface area (Å²) in [5, 5.41) is 0. The second kappa shape index (κ2) is 7.53. The molecule has 2 N–H and O–H groups in total. The van der Waals surface area contributed by atoms with Crippen LogP contribution in [0.4, 0.5) is 0 Å². The summed E-state index contributed by atoms with van der Waals surface area (Å²) < 4.78 is 4.91. The zero-order valence-electron chi connectivity index (χ0n) is 9.03. The maximum Gasteiger partial charge on any atom is 0.224 e. The van der Waals surface area contributed by atoms with E-state index in [1.807, 2.05) is 6.92 Å². The van der Waals surface area contributed by atoms with Crippen molar-refractivity contribution in [3.8, 4) is 0 Å². The molecule has 0 aromatic heterocycles. The molecular formula is C10H20N2O2. The highest BCUT2D eigenvalue weighted by Crippen LogP contribution is 1.97. The molecule has 0 bridgehead atoms. The summed E-state index contributed by atoms with van der Waals surface area (Å²) in [6, 6.07) is -0.0997. The molecule has 0 spiro atoms. The number of carbonyl (C=O) groups is 1. The summed E-state index contributed by atoms with van der Waals surface area (Å²) in [6.07, 6.45) is 2.08. The summed E-state index contributed by atoms with van der Waals surface area (Å²) in [5.74, 6) is 0.0527. The van der Waals surface area contributed by atoms with Crippen molar-refractivity contribution in [2.75, 3.05) is 26.8 Å². The highest BCUT2D eigenvalue weighted by atomic mass is 16.5. The van der Waals surface area contributed by atoms with Gasteiger partial charge in [0, 0.05) is 32.7 Å². The Morgan fingerprint density at radius 1 is 1.71 bits per heavy atom. The number of rotatable bonds is 7. The summed E-state index contributed by atoms with van der Waals surface area (Å²) in [5.41, 5.74) is 5.55. The van der Waals surface area contributed by atoms with Gasteiger partial charge in [0.1, 0.15) is 0 Å². The first kappa shape index (κ1) is 13.1. The van der Waals surface area contributed by atoms with Crippen LogP contribution in [0.15, 0.2) is 12.7 Å². The van der Waals surface area contributed by atoms with Crippen LogP contribution in [-0.2, 0) is 9.53 Å². The molecule has 0 aliphatic carbocycles. The lowest BCUT2D eigenvalue weighted by Crippen LogP contribution is -2.37. The van der Waals surface area contributed by atoms with Crippen molar-refractivity contribution < 1.29 is 9.53 Å². The Morgan fingerprint density at radius 2 is 2.36 bits per heavy atom. The second-order valence-corrected chi connectivity index (χ2v) is 3.30. The zero-order chi connectivity index (χ0) is 11.0. The molecule has 0 saturated carbocycles. The first-order valence-electron chi connectivity index (χ1n) is 4.75. The molecule has 82 valence electrons. The van der Waals surface area contributed by atoms with Crippen molar-refractivity contribution in [3.63, 3.8) is 0 Å². The molecule has 1 unspecified atom stereocenters. The molecule has 0 aromatic carbocycles. The lowest BCUT2D eigenvalue weighted by Gasteiger charge is -2.21. The van der Waals surface area contributed by atoms with Gasteiger partial charge in [-0.2, -0.15) is 0 Å². The Hall–Kier alpha value is -0.870. The van der Waals surface area contributed by atoms with E-state index in [4.69, 9.17) is 10.5 Å². The molecule has 1 amide bonds. The van der Waals surface area contributed by atoms with Crippen LogP contribution in [0, 0.1) is 0 Å². The van der Waals surface area contributed by atoms with E-state index in [9.17, 15) is 4.79 Å². The van der Waals surface area contributed by atoms with Crippen molar-refractivity contribution in [1.29, 1.82) is 0 Å². The monoisotopic (exact) mass is 200 g/mol. The lowest BCUT2D eigenvalue weighted by molar-refractivity contribution is -0.131. The number of carbonyl (C=O) groups excluding carboxylic acids is 1. The van der Waals surface area contributed by atoms with Crippen LogP contribution >= 0.6 is 0 Å². The largest absolute Gasteiger partial charge is 0.383 e. The van der Waals surface area contributed by atoms with Gasteiger partial charge >= 0.3 is 0 Å². The maximum atomic E-state index is 11.6. The van der Waals surface area contributed by atoms with Crippen LogP contribution < -0.4 is 5.73 Å². The van der Waals surface area contributed by atoms with Gasteiger partial charge in [-0.05, 0) is 6.92 Å². The molecule has 0 fully saturated rings. The number of ether oxygens (including phenoxy) is 1. The van der Waals surface area contributed by atoms with Gasteiger partial charge in [0.25, 0.3) is 0 Å². The molecule has 0 aromatic rings. The Morgan fingerprint density at radius 3 is 2.79 bits per heavy atom. The van der Waals surface area contributed by atoms with E-state index < -0.39 is 0 Å². The van der Waals surface area contributed by atoms with Gasteiger partial charge in [0.05, 0.1) is 6.61 Å². The normalized spacial score (nSPS) is 12.2. The number of hydrogen-bond acceptors (Lipinski definition) is 3. The third kappa shape index (κ3) is 5.72. The van der Waals surface area contributed by atoms with Gasteiger partial charge in [0.15, 0.2) is 0 Å². The minimum Gasteiger partial charge on any atom is -0.383 e. The molecule has 4 nitrogen and oxygen atoms in total. The van der Waals surface area contributed by atoms with Crippen molar-refractivity contribution >= 4 is 5.91 Å². The first-order valence-corrected chi connectivity index (χ1v) is 4.75. The van der Waals surface area contributed by atoms with Crippen LogP contribution in [0.5, 0.6) is 0 Å². The van der Waals surface area contributed by atoms with Crippen LogP contribution in [0.25, 0.3) is 0 Å². The molecule has 0 saturated heterocycles. The first-order chi connectivity index (χ1) is 6.61. The molecule has 0 aliphatic heterocycles. The predicted octanol–water partition coefficient (Wildman–Crippen LogP) is 0.385. The summed E-state index contributed by atoms with van der Waals surface area (Å²) in [6.45, 7) is 7.11. The number of hydrogen-bond donors (Lipinski definition) is 1. The van der Waals surface area contributed by atoms with Gasteiger partial charge in [-0.15, -0.1) is 6.58 Å². The predicted molar refractivity (Wildman–Crippen MR) is 56.9 cm³/mol. The zero-order valence-corrected chi connectivity index (χ0v) is 9.03. The van der Waals surface area contributed by atoms with E-state index in [1.54, 1.807) is 18.1 Å². The van der Waals surface area contributed by atoms with Crippen LogP contribution in [0.3, 0.4) is 0 Å². The molecule has 0 heterocycles. The third-order valence-electron chi connectivity index (χ3n) is 1.76. The SMILES string of the molecule is C=CCN(CCOC)C(=O)CC(C)N. The van der Waals surface area contributed by atoms with Crippen molar-refractivity contribution in [3.05, 3.63) is 12.7 Å². The summed E-state index contributed by atoms with van der Waals surface area (Å²) in [4.78, 5) is 13.3. The van der Waals surface area contributed by atoms with Crippen molar-refractivity contribution in [2.24, 2.45) is 5.73 Å². The standard InChI is InChI=1S/C10H20N2O2/c1-4-5-12(6-7-14-3)10(13)8-9(2)11/h4,9H,1,5-8,11H2,2-3H3. The highest BCUT2D eigenvalue weighted by molar-refractivity contribution is 5.76. The fourth-order valence-electron chi connectivity index (χ4n) is 1.08. The van der Waals surface area contributed by atoms with Crippen molar-refractivity contribution in [2.45, 2.75) is 19.4 Å². The molecular weight excluding hydrogens is 180 g/mol. The number of methoxy groups -OCH3 is 1. The number of nitrogens with two attached hydrogens (primary N) is 1. The van der Waals surface area contributed by atoms with Crippen LogP contribution in [0.1, 0.15) is 13.3 Å². The quantitative estimate of drug-likeness (QED) is 0.605. The highest BCUT2D eigenvalue weighted by Gasteiger charge is 2.12.